The zero-order valence-corrected chi connectivity index (χ0v) is 24.5. The maximum atomic E-state index is 13.4. The second kappa shape index (κ2) is 14.1. The fraction of sp³-hybridized carbons (Fsp3) is 0.484. The molecule has 0 fully saturated rings. The molecule has 0 bridgehead atoms. The van der Waals surface area contributed by atoms with E-state index < -0.39 is 29.3 Å². The van der Waals surface area contributed by atoms with Gasteiger partial charge in [0.2, 0.25) is 17.7 Å². The van der Waals surface area contributed by atoms with Gasteiger partial charge in [-0.25, -0.2) is 4.39 Å². The van der Waals surface area contributed by atoms with Crippen LogP contribution in [0.5, 0.6) is 5.75 Å². The van der Waals surface area contributed by atoms with Crippen LogP contribution in [-0.2, 0) is 19.8 Å². The van der Waals surface area contributed by atoms with Crippen LogP contribution in [0.2, 0.25) is 0 Å². The second-order valence-corrected chi connectivity index (χ2v) is 11.2. The first-order valence-corrected chi connectivity index (χ1v) is 14.0. The van der Waals surface area contributed by atoms with E-state index in [0.29, 0.717) is 12.2 Å². The molecule has 2 aromatic carbocycles. The van der Waals surface area contributed by atoms with E-state index in [9.17, 15) is 23.6 Å². The average Bonchev–Trinajstić information content (AvgIpc) is 2.96. The van der Waals surface area contributed by atoms with Crippen LogP contribution in [0.15, 0.2) is 48.5 Å². The van der Waals surface area contributed by atoms with Crippen molar-refractivity contribution in [2.45, 2.75) is 64.5 Å². The Morgan fingerprint density at radius 1 is 1.12 bits per heavy atom. The van der Waals surface area contributed by atoms with Crippen LogP contribution < -0.4 is 20.7 Å². The molecular weight excluding hydrogens is 527 g/mol. The highest BCUT2D eigenvalue weighted by atomic mass is 19.1. The number of carbonyl (C=O) groups is 4. The molecule has 1 aliphatic rings. The number of rotatable bonds is 6. The van der Waals surface area contributed by atoms with Gasteiger partial charge < -0.3 is 25.6 Å². The summed E-state index contributed by atoms with van der Waals surface area (Å²) in [6.45, 7) is 8.29. The van der Waals surface area contributed by atoms with Crippen LogP contribution in [0.1, 0.15) is 62.9 Å². The normalized spacial score (nSPS) is 20.0. The molecule has 0 aromatic heterocycles. The van der Waals surface area contributed by atoms with Crippen molar-refractivity contribution in [3.8, 4) is 5.75 Å². The smallest absolute Gasteiger partial charge is 0.255 e. The number of amides is 4. The summed E-state index contributed by atoms with van der Waals surface area (Å²) in [5.74, 6) is -1.73. The molecule has 41 heavy (non-hydrogen) atoms. The third-order valence-corrected chi connectivity index (χ3v) is 7.60. The number of para-hydroxylation sites is 1. The second-order valence-electron chi connectivity index (χ2n) is 11.2. The number of likely N-dealkylation sites (N-methyl/N-ethyl adjacent to an activating group) is 1. The first-order chi connectivity index (χ1) is 19.4. The molecule has 1 heterocycles. The van der Waals surface area contributed by atoms with Gasteiger partial charge in [-0.05, 0) is 42.2 Å². The number of halogens is 1. The van der Waals surface area contributed by atoms with Crippen LogP contribution in [0.4, 0.5) is 4.39 Å². The Hall–Kier alpha value is -3.95. The molecule has 0 saturated carbocycles. The molecule has 9 nitrogen and oxygen atoms in total. The van der Waals surface area contributed by atoms with Gasteiger partial charge >= 0.3 is 0 Å². The van der Waals surface area contributed by atoms with Crippen molar-refractivity contribution in [2.24, 2.45) is 5.92 Å². The SMILES string of the molecule is CC[C@H](C)[C@@H]1NC(=O)CC[C@@H](C(=O)NCC(C)(C)c2ccc(F)cc2)NC(=O)c2ccccc2OCCN(C)C1=O. The number of ether oxygens (including phenoxy) is 1. The molecular formula is C31H41FN4O5. The van der Waals surface area contributed by atoms with Crippen molar-refractivity contribution in [1.29, 1.82) is 0 Å². The van der Waals surface area contributed by atoms with Crippen molar-refractivity contribution in [3.63, 3.8) is 0 Å². The highest BCUT2D eigenvalue weighted by molar-refractivity contribution is 5.99. The van der Waals surface area contributed by atoms with E-state index in [4.69, 9.17) is 4.74 Å². The van der Waals surface area contributed by atoms with E-state index in [-0.39, 0.29) is 61.7 Å². The van der Waals surface area contributed by atoms with Gasteiger partial charge in [-0.15, -0.1) is 0 Å². The number of hydrogen-bond donors (Lipinski definition) is 3. The molecule has 0 saturated heterocycles. The van der Waals surface area contributed by atoms with Crippen LogP contribution in [0, 0.1) is 11.7 Å². The maximum absolute atomic E-state index is 13.4. The monoisotopic (exact) mass is 568 g/mol. The molecule has 0 unspecified atom stereocenters. The summed E-state index contributed by atoms with van der Waals surface area (Å²) >= 11 is 0. The largest absolute Gasteiger partial charge is 0.491 e. The summed E-state index contributed by atoms with van der Waals surface area (Å²) < 4.78 is 19.3. The zero-order valence-electron chi connectivity index (χ0n) is 24.5. The number of benzene rings is 2. The molecule has 3 atom stereocenters. The molecule has 3 rings (SSSR count). The Kier molecular flexibility index (Phi) is 10.9. The van der Waals surface area contributed by atoms with Crippen LogP contribution in [0.25, 0.3) is 0 Å². The summed E-state index contributed by atoms with van der Waals surface area (Å²) in [6.07, 6.45) is 0.613. The fourth-order valence-corrected chi connectivity index (χ4v) is 4.56. The van der Waals surface area contributed by atoms with E-state index in [1.54, 1.807) is 43.4 Å². The Balaban J connectivity index is 1.85. The first-order valence-electron chi connectivity index (χ1n) is 14.0. The molecule has 10 heteroatoms. The number of fused-ring (bicyclic) bond motifs is 1. The Morgan fingerprint density at radius 2 is 1.80 bits per heavy atom. The van der Waals surface area contributed by atoms with Crippen LogP contribution >= 0.6 is 0 Å². The summed E-state index contributed by atoms with van der Waals surface area (Å²) in [5.41, 5.74) is 0.546. The van der Waals surface area contributed by atoms with Gasteiger partial charge in [-0.3, -0.25) is 19.2 Å². The summed E-state index contributed by atoms with van der Waals surface area (Å²) in [5, 5.41) is 8.50. The number of nitrogens with zero attached hydrogens (tertiary/aromatic N) is 1. The fourth-order valence-electron chi connectivity index (χ4n) is 4.56. The number of carbonyl (C=O) groups excluding carboxylic acids is 4. The third kappa shape index (κ3) is 8.52. The van der Waals surface area contributed by atoms with E-state index in [1.165, 1.54) is 17.0 Å². The number of hydrogen-bond acceptors (Lipinski definition) is 5. The zero-order chi connectivity index (χ0) is 30.2. The lowest BCUT2D eigenvalue weighted by molar-refractivity contribution is -0.137. The van der Waals surface area contributed by atoms with Crippen LogP contribution in [-0.4, -0.2) is 67.4 Å². The lowest BCUT2D eigenvalue weighted by atomic mass is 9.84. The lowest BCUT2D eigenvalue weighted by Gasteiger charge is -2.28. The summed E-state index contributed by atoms with van der Waals surface area (Å²) in [4.78, 5) is 54.4. The summed E-state index contributed by atoms with van der Waals surface area (Å²) in [6, 6.07) is 11.0. The van der Waals surface area contributed by atoms with E-state index in [1.807, 2.05) is 27.7 Å². The van der Waals surface area contributed by atoms with Crippen molar-refractivity contribution in [1.82, 2.24) is 20.9 Å². The molecule has 0 aliphatic carbocycles. The van der Waals surface area contributed by atoms with Crippen molar-refractivity contribution in [2.75, 3.05) is 26.7 Å². The Morgan fingerprint density at radius 3 is 2.49 bits per heavy atom. The van der Waals surface area contributed by atoms with E-state index in [2.05, 4.69) is 16.0 Å². The maximum Gasteiger partial charge on any atom is 0.255 e. The van der Waals surface area contributed by atoms with Gasteiger partial charge in [0.25, 0.3) is 5.91 Å². The molecule has 0 radical (unpaired) electrons. The Bertz CT molecular complexity index is 1230. The summed E-state index contributed by atoms with van der Waals surface area (Å²) in [7, 11) is 1.65. The quantitative estimate of drug-likeness (QED) is 0.495. The molecule has 4 amide bonds. The first kappa shape index (κ1) is 31.6. The van der Waals surface area contributed by atoms with E-state index >= 15 is 0 Å². The van der Waals surface area contributed by atoms with Gasteiger partial charge in [0.05, 0.1) is 12.1 Å². The molecule has 0 spiro atoms. The van der Waals surface area contributed by atoms with Gasteiger partial charge in [0.1, 0.15) is 30.3 Å². The van der Waals surface area contributed by atoms with Gasteiger partial charge in [0.15, 0.2) is 0 Å². The van der Waals surface area contributed by atoms with Crippen molar-refractivity contribution >= 4 is 23.6 Å². The molecule has 3 N–H and O–H groups in total. The van der Waals surface area contributed by atoms with Crippen molar-refractivity contribution < 1.29 is 28.3 Å². The standard InChI is InChI=1S/C31H41FN4O5/c1-6-20(2)27-30(40)36(5)17-18-41-25-10-8-7-9-23(25)28(38)34-24(15-16-26(37)35-27)29(39)33-19-31(3,4)21-11-13-22(32)14-12-21/h7-14,20,24,27H,6,15-19H2,1-5H3,(H,33,39)(H,34,38)(H,35,37)/t20-,24-,27-/m0/s1. The minimum Gasteiger partial charge on any atom is -0.491 e. The minimum absolute atomic E-state index is 0.0145. The van der Waals surface area contributed by atoms with Gasteiger partial charge in [-0.2, -0.15) is 0 Å². The minimum atomic E-state index is -1.03. The third-order valence-electron chi connectivity index (χ3n) is 7.60. The van der Waals surface area contributed by atoms with Gasteiger partial charge in [0, 0.05) is 25.4 Å². The average molecular weight is 569 g/mol. The lowest BCUT2D eigenvalue weighted by Crippen LogP contribution is -2.52. The molecule has 222 valence electrons. The van der Waals surface area contributed by atoms with Gasteiger partial charge in [-0.1, -0.05) is 58.4 Å². The molecule has 2 aromatic rings. The van der Waals surface area contributed by atoms with Crippen LogP contribution in [0.3, 0.4) is 0 Å². The van der Waals surface area contributed by atoms with E-state index in [0.717, 1.165) is 5.56 Å². The van der Waals surface area contributed by atoms with Crippen molar-refractivity contribution in [3.05, 3.63) is 65.5 Å². The Labute approximate surface area is 241 Å². The highest BCUT2D eigenvalue weighted by Crippen LogP contribution is 2.23. The predicted octanol–water partition coefficient (Wildman–Crippen LogP) is 3.18. The topological polar surface area (TPSA) is 117 Å². The number of nitrogens with one attached hydrogen (secondary N) is 3. The predicted molar refractivity (Wildman–Crippen MR) is 154 cm³/mol. The molecule has 1 aliphatic heterocycles. The highest BCUT2D eigenvalue weighted by Gasteiger charge is 2.31.